The highest BCUT2D eigenvalue weighted by Crippen LogP contribution is 2.04. The van der Waals surface area contributed by atoms with Crippen molar-refractivity contribution in [2.45, 2.75) is 6.92 Å². The summed E-state index contributed by atoms with van der Waals surface area (Å²) in [7, 11) is -1.93. The number of nitrogens with one attached hydrogen (secondary N) is 1. The molecule has 12 heavy (non-hydrogen) atoms. The van der Waals surface area contributed by atoms with E-state index in [9.17, 15) is 8.42 Å². The molecule has 0 fully saturated rings. The number of hydrogen-bond acceptors (Lipinski definition) is 2. The Kier molecular flexibility index (Phi) is 4.54. The lowest BCUT2D eigenvalue weighted by atomic mass is 10.4. The smallest absolute Gasteiger partial charge is 0.214 e. The number of allylic oxidation sites excluding steroid dienone is 4. The van der Waals surface area contributed by atoms with E-state index in [0.717, 1.165) is 0 Å². The summed E-state index contributed by atoms with van der Waals surface area (Å²) < 4.78 is 24.6. The Bertz CT molecular complexity index is 299. The van der Waals surface area contributed by atoms with Crippen LogP contribution in [0.4, 0.5) is 0 Å². The van der Waals surface area contributed by atoms with Crippen molar-refractivity contribution >= 4 is 10.0 Å². The predicted molar refractivity (Wildman–Crippen MR) is 51.1 cm³/mol. The molecule has 0 bridgehead atoms. The Morgan fingerprint density at radius 2 is 2.08 bits per heavy atom. The Balaban J connectivity index is 4.84. The first-order valence-electron chi connectivity index (χ1n) is 3.47. The molecule has 0 heterocycles. The number of sulfonamides is 1. The molecule has 0 saturated heterocycles. The molecule has 0 aromatic carbocycles. The molecule has 0 spiro atoms. The van der Waals surface area contributed by atoms with Gasteiger partial charge in [-0.3, -0.25) is 0 Å². The van der Waals surface area contributed by atoms with Crippen molar-refractivity contribution in [2.24, 2.45) is 0 Å². The number of hydrogen-bond donors (Lipinski definition) is 1. The third kappa shape index (κ3) is 3.02. The molecule has 0 amide bonds. The highest BCUT2D eigenvalue weighted by Gasteiger charge is 2.09. The zero-order valence-electron chi connectivity index (χ0n) is 7.24. The fourth-order valence-electron chi connectivity index (χ4n) is 0.622. The van der Waals surface area contributed by atoms with Gasteiger partial charge >= 0.3 is 0 Å². The van der Waals surface area contributed by atoms with Crippen LogP contribution < -0.4 is 4.72 Å². The average Bonchev–Trinajstić information content (AvgIpc) is 2.05. The summed E-state index contributed by atoms with van der Waals surface area (Å²) in [5.74, 6) is 0. The molecule has 0 radical (unpaired) electrons. The van der Waals surface area contributed by atoms with Crippen molar-refractivity contribution in [2.75, 3.05) is 7.05 Å². The second kappa shape index (κ2) is 4.90. The van der Waals surface area contributed by atoms with E-state index < -0.39 is 10.0 Å². The SMILES string of the molecule is C=C/C=C\C(=C/C)S(=O)(=O)NC. The normalized spacial score (nSPS) is 13.7. The molecule has 0 aliphatic rings. The molecule has 68 valence electrons. The highest BCUT2D eigenvalue weighted by molar-refractivity contribution is 7.93. The van der Waals surface area contributed by atoms with Crippen molar-refractivity contribution in [3.05, 3.63) is 35.8 Å². The zero-order chi connectivity index (χ0) is 9.61. The lowest BCUT2D eigenvalue weighted by molar-refractivity contribution is 0.595. The molecule has 0 aliphatic carbocycles. The fraction of sp³-hybridized carbons (Fsp3) is 0.250. The molecule has 0 aromatic heterocycles. The Hall–Kier alpha value is -0.870. The van der Waals surface area contributed by atoms with Gasteiger partial charge in [0.15, 0.2) is 0 Å². The summed E-state index contributed by atoms with van der Waals surface area (Å²) in [4.78, 5) is 0.241. The minimum absolute atomic E-state index is 0.241. The summed E-state index contributed by atoms with van der Waals surface area (Å²) >= 11 is 0. The molecule has 0 aliphatic heterocycles. The van der Waals surface area contributed by atoms with Gasteiger partial charge in [-0.15, -0.1) is 0 Å². The molecule has 1 N–H and O–H groups in total. The minimum atomic E-state index is -3.31. The summed E-state index contributed by atoms with van der Waals surface area (Å²) in [6, 6.07) is 0. The highest BCUT2D eigenvalue weighted by atomic mass is 32.2. The van der Waals surface area contributed by atoms with Crippen LogP contribution in [0.25, 0.3) is 0 Å². The zero-order valence-corrected chi connectivity index (χ0v) is 8.06. The maximum absolute atomic E-state index is 11.2. The van der Waals surface area contributed by atoms with Gasteiger partial charge in [-0.05, 0) is 20.0 Å². The van der Waals surface area contributed by atoms with Gasteiger partial charge in [0, 0.05) is 0 Å². The van der Waals surface area contributed by atoms with Crippen LogP contribution in [0.1, 0.15) is 6.92 Å². The first-order valence-corrected chi connectivity index (χ1v) is 4.95. The van der Waals surface area contributed by atoms with E-state index in [4.69, 9.17) is 0 Å². The van der Waals surface area contributed by atoms with Gasteiger partial charge in [0.25, 0.3) is 0 Å². The van der Waals surface area contributed by atoms with E-state index in [1.807, 2.05) is 0 Å². The average molecular weight is 187 g/mol. The van der Waals surface area contributed by atoms with Crippen LogP contribution in [0.15, 0.2) is 35.8 Å². The van der Waals surface area contributed by atoms with Crippen molar-refractivity contribution in [1.82, 2.24) is 4.72 Å². The summed E-state index contributed by atoms with van der Waals surface area (Å²) in [5.41, 5.74) is 0. The van der Waals surface area contributed by atoms with E-state index in [1.54, 1.807) is 13.0 Å². The molecule has 0 saturated carbocycles. The van der Waals surface area contributed by atoms with Gasteiger partial charge in [-0.2, -0.15) is 0 Å². The predicted octanol–water partition coefficient (Wildman–Crippen LogP) is 1.18. The maximum Gasteiger partial charge on any atom is 0.239 e. The molecule has 0 unspecified atom stereocenters. The van der Waals surface area contributed by atoms with E-state index in [1.165, 1.54) is 25.3 Å². The largest absolute Gasteiger partial charge is 0.239 e. The maximum atomic E-state index is 11.2. The van der Waals surface area contributed by atoms with Crippen LogP contribution >= 0.6 is 0 Å². The van der Waals surface area contributed by atoms with Crippen LogP contribution in [0, 0.1) is 0 Å². The molecule has 0 atom stereocenters. The van der Waals surface area contributed by atoms with E-state index in [-0.39, 0.29) is 4.91 Å². The van der Waals surface area contributed by atoms with E-state index in [0.29, 0.717) is 0 Å². The minimum Gasteiger partial charge on any atom is -0.214 e. The van der Waals surface area contributed by atoms with E-state index in [2.05, 4.69) is 11.3 Å². The van der Waals surface area contributed by atoms with Gasteiger partial charge in [0.1, 0.15) is 0 Å². The van der Waals surface area contributed by atoms with E-state index >= 15 is 0 Å². The molecular formula is C8H13NO2S. The van der Waals surface area contributed by atoms with Crippen molar-refractivity contribution < 1.29 is 8.42 Å². The third-order valence-corrected chi connectivity index (χ3v) is 2.79. The molecule has 3 nitrogen and oxygen atoms in total. The Morgan fingerprint density at radius 1 is 1.50 bits per heavy atom. The van der Waals surface area contributed by atoms with Crippen LogP contribution in [0.2, 0.25) is 0 Å². The second-order valence-corrected chi connectivity index (χ2v) is 3.88. The second-order valence-electron chi connectivity index (χ2n) is 1.99. The Morgan fingerprint density at radius 3 is 2.42 bits per heavy atom. The lowest BCUT2D eigenvalue weighted by Gasteiger charge is -2.00. The Labute approximate surface area is 73.5 Å². The molecule has 0 rings (SSSR count). The first kappa shape index (κ1) is 11.1. The van der Waals surface area contributed by atoms with Gasteiger partial charge in [0.2, 0.25) is 10.0 Å². The van der Waals surface area contributed by atoms with Crippen LogP contribution in [0.3, 0.4) is 0 Å². The summed E-state index contributed by atoms with van der Waals surface area (Å²) in [5, 5.41) is 0. The van der Waals surface area contributed by atoms with Gasteiger partial charge in [0.05, 0.1) is 4.91 Å². The standard InChI is InChI=1S/C8H13NO2S/c1-4-6-7-8(5-2)12(10,11)9-3/h4-7,9H,1H2,2-3H3/b7-6-,8-5+. The summed E-state index contributed by atoms with van der Waals surface area (Å²) in [6.07, 6.45) is 6.10. The summed E-state index contributed by atoms with van der Waals surface area (Å²) in [6.45, 7) is 5.11. The topological polar surface area (TPSA) is 46.2 Å². The van der Waals surface area contributed by atoms with Crippen molar-refractivity contribution in [1.29, 1.82) is 0 Å². The van der Waals surface area contributed by atoms with Crippen LogP contribution in [0.5, 0.6) is 0 Å². The van der Waals surface area contributed by atoms with Crippen LogP contribution in [-0.4, -0.2) is 15.5 Å². The van der Waals surface area contributed by atoms with Crippen molar-refractivity contribution in [3.63, 3.8) is 0 Å². The first-order chi connectivity index (χ1) is 5.58. The van der Waals surface area contributed by atoms with Gasteiger partial charge < -0.3 is 0 Å². The van der Waals surface area contributed by atoms with Gasteiger partial charge in [-0.25, -0.2) is 13.1 Å². The third-order valence-electron chi connectivity index (χ3n) is 1.26. The monoisotopic (exact) mass is 187 g/mol. The molecule has 0 aromatic rings. The molecular weight excluding hydrogens is 174 g/mol. The van der Waals surface area contributed by atoms with Crippen LogP contribution in [-0.2, 0) is 10.0 Å². The number of rotatable bonds is 4. The lowest BCUT2D eigenvalue weighted by Crippen LogP contribution is -2.19. The van der Waals surface area contributed by atoms with Crippen molar-refractivity contribution in [3.8, 4) is 0 Å². The quantitative estimate of drug-likeness (QED) is 0.672. The molecule has 4 heteroatoms. The van der Waals surface area contributed by atoms with Gasteiger partial charge in [-0.1, -0.05) is 24.8 Å². The fourth-order valence-corrected chi connectivity index (χ4v) is 1.43.